The van der Waals surface area contributed by atoms with Gasteiger partial charge in [0, 0.05) is 24.5 Å². The molecule has 0 fully saturated rings. The highest BCUT2D eigenvalue weighted by Crippen LogP contribution is 2.24. The predicted molar refractivity (Wildman–Crippen MR) is 73.3 cm³/mol. The third kappa shape index (κ3) is 4.80. The molecule has 8 heteroatoms. The number of nitrogens with zero attached hydrogens (tertiary/aromatic N) is 2. The van der Waals surface area contributed by atoms with E-state index in [1.54, 1.807) is 23.1 Å². The first-order chi connectivity index (χ1) is 10.3. The summed E-state index contributed by atoms with van der Waals surface area (Å²) in [6, 6.07) is 6.60. The van der Waals surface area contributed by atoms with E-state index in [4.69, 9.17) is 0 Å². The van der Waals surface area contributed by atoms with E-state index in [0.29, 0.717) is 5.69 Å². The number of rotatable bonds is 5. The number of anilines is 1. The number of nitrogens with one attached hydrogen (secondary N) is 1. The Balaban J connectivity index is 1.89. The van der Waals surface area contributed by atoms with Crippen LogP contribution in [0.2, 0.25) is 0 Å². The Kier molecular flexibility index (Phi) is 4.69. The molecule has 1 N–H and O–H groups in total. The Labute approximate surface area is 124 Å². The number of amides is 1. The predicted octanol–water partition coefficient (Wildman–Crippen LogP) is 3.37. The Hall–Kier alpha value is -2.51. The Bertz CT molecular complexity index is 609. The van der Waals surface area contributed by atoms with Crippen LogP contribution in [0, 0.1) is 0 Å². The van der Waals surface area contributed by atoms with Gasteiger partial charge in [0.1, 0.15) is 5.75 Å². The minimum atomic E-state index is -4.73. The maximum Gasteiger partial charge on any atom is 0.573 e. The molecule has 0 saturated heterocycles. The molecule has 2 aromatic rings. The van der Waals surface area contributed by atoms with E-state index in [1.807, 2.05) is 6.92 Å². The molecule has 1 aromatic heterocycles. The molecule has 5 nitrogen and oxygen atoms in total. The Morgan fingerprint density at radius 1 is 1.36 bits per heavy atom. The third-order valence-corrected chi connectivity index (χ3v) is 2.83. The van der Waals surface area contributed by atoms with Crippen molar-refractivity contribution in [2.45, 2.75) is 25.7 Å². The first-order valence-electron chi connectivity index (χ1n) is 6.48. The van der Waals surface area contributed by atoms with Gasteiger partial charge in [-0.2, -0.15) is 5.10 Å². The first kappa shape index (κ1) is 15.9. The standard InChI is InChI=1S/C14H14F3N3O2/c1-10(20-8-2-7-18-20)9-13(21)19-11-3-5-12(6-4-11)22-14(15,16)17/h2-8,10H,9H2,1H3,(H,19,21). The second kappa shape index (κ2) is 6.50. The summed E-state index contributed by atoms with van der Waals surface area (Å²) in [5, 5.41) is 6.64. The van der Waals surface area contributed by atoms with Crippen LogP contribution >= 0.6 is 0 Å². The number of hydrogen-bond donors (Lipinski definition) is 1. The molecule has 1 heterocycles. The molecule has 2 rings (SSSR count). The maximum absolute atomic E-state index is 12.0. The molecule has 0 bridgehead atoms. The van der Waals surface area contributed by atoms with Gasteiger partial charge in [0.25, 0.3) is 0 Å². The van der Waals surface area contributed by atoms with Gasteiger partial charge < -0.3 is 10.1 Å². The van der Waals surface area contributed by atoms with E-state index in [-0.39, 0.29) is 24.1 Å². The molecule has 1 aromatic carbocycles. The van der Waals surface area contributed by atoms with Crippen molar-refractivity contribution in [1.29, 1.82) is 0 Å². The number of aromatic nitrogens is 2. The number of carbonyl (C=O) groups is 1. The van der Waals surface area contributed by atoms with Gasteiger partial charge in [-0.15, -0.1) is 13.2 Å². The minimum Gasteiger partial charge on any atom is -0.406 e. The summed E-state index contributed by atoms with van der Waals surface area (Å²) in [4.78, 5) is 11.9. The van der Waals surface area contributed by atoms with Crippen LogP contribution in [0.4, 0.5) is 18.9 Å². The molecular weight excluding hydrogens is 299 g/mol. The summed E-state index contributed by atoms with van der Waals surface area (Å²) in [6.07, 6.45) is -1.17. The molecule has 118 valence electrons. The summed E-state index contributed by atoms with van der Waals surface area (Å²) in [5.74, 6) is -0.595. The smallest absolute Gasteiger partial charge is 0.406 e. The summed E-state index contributed by atoms with van der Waals surface area (Å²) in [6.45, 7) is 1.84. The third-order valence-electron chi connectivity index (χ3n) is 2.83. The number of carbonyl (C=O) groups excluding carboxylic acids is 1. The highest BCUT2D eigenvalue weighted by Gasteiger charge is 2.30. The number of halogens is 3. The fourth-order valence-electron chi connectivity index (χ4n) is 1.86. The van der Waals surface area contributed by atoms with Crippen molar-refractivity contribution >= 4 is 11.6 Å². The molecule has 0 saturated carbocycles. The van der Waals surface area contributed by atoms with E-state index < -0.39 is 6.36 Å². The van der Waals surface area contributed by atoms with Crippen molar-refractivity contribution in [2.24, 2.45) is 0 Å². The lowest BCUT2D eigenvalue weighted by Gasteiger charge is -2.13. The van der Waals surface area contributed by atoms with Crippen LogP contribution in [0.3, 0.4) is 0 Å². The molecule has 0 spiro atoms. The van der Waals surface area contributed by atoms with Crippen LogP contribution in [0.25, 0.3) is 0 Å². The highest BCUT2D eigenvalue weighted by atomic mass is 19.4. The van der Waals surface area contributed by atoms with Gasteiger partial charge in [0.15, 0.2) is 0 Å². The maximum atomic E-state index is 12.0. The van der Waals surface area contributed by atoms with Crippen LogP contribution in [0.15, 0.2) is 42.7 Å². The second-order valence-electron chi connectivity index (χ2n) is 4.66. The number of alkyl halides is 3. The molecule has 0 radical (unpaired) electrons. The van der Waals surface area contributed by atoms with Crippen molar-refractivity contribution in [3.63, 3.8) is 0 Å². The van der Waals surface area contributed by atoms with Gasteiger partial charge in [-0.25, -0.2) is 0 Å². The molecule has 1 unspecified atom stereocenters. The highest BCUT2D eigenvalue weighted by molar-refractivity contribution is 5.90. The summed E-state index contributed by atoms with van der Waals surface area (Å²) in [7, 11) is 0. The SMILES string of the molecule is CC(CC(=O)Nc1ccc(OC(F)(F)F)cc1)n1cccn1. The zero-order valence-corrected chi connectivity index (χ0v) is 11.7. The van der Waals surface area contributed by atoms with Crippen LogP contribution in [-0.4, -0.2) is 22.1 Å². The minimum absolute atomic E-state index is 0.122. The molecule has 0 aliphatic rings. The summed E-state index contributed by atoms with van der Waals surface area (Å²) < 4.78 is 41.5. The van der Waals surface area contributed by atoms with Gasteiger partial charge in [-0.3, -0.25) is 9.48 Å². The van der Waals surface area contributed by atoms with E-state index in [0.717, 1.165) is 12.1 Å². The number of benzene rings is 1. The second-order valence-corrected chi connectivity index (χ2v) is 4.66. The van der Waals surface area contributed by atoms with Gasteiger partial charge in [0.2, 0.25) is 5.91 Å². The van der Waals surface area contributed by atoms with Crippen molar-refractivity contribution in [1.82, 2.24) is 9.78 Å². The summed E-state index contributed by atoms with van der Waals surface area (Å²) in [5.41, 5.74) is 0.396. The lowest BCUT2D eigenvalue weighted by atomic mass is 10.2. The van der Waals surface area contributed by atoms with Crippen LogP contribution in [0.5, 0.6) is 5.75 Å². The Morgan fingerprint density at radius 2 is 2.05 bits per heavy atom. The molecule has 0 aliphatic carbocycles. The van der Waals surface area contributed by atoms with E-state index in [2.05, 4.69) is 15.2 Å². The quantitative estimate of drug-likeness (QED) is 0.921. The monoisotopic (exact) mass is 313 g/mol. The van der Waals surface area contributed by atoms with Crippen LogP contribution < -0.4 is 10.1 Å². The fourth-order valence-corrected chi connectivity index (χ4v) is 1.86. The van der Waals surface area contributed by atoms with E-state index in [9.17, 15) is 18.0 Å². The number of ether oxygens (including phenoxy) is 1. The molecule has 1 atom stereocenters. The van der Waals surface area contributed by atoms with Crippen LogP contribution in [0.1, 0.15) is 19.4 Å². The van der Waals surface area contributed by atoms with Gasteiger partial charge >= 0.3 is 6.36 Å². The molecule has 0 aliphatic heterocycles. The summed E-state index contributed by atoms with van der Waals surface area (Å²) >= 11 is 0. The van der Waals surface area contributed by atoms with E-state index >= 15 is 0 Å². The van der Waals surface area contributed by atoms with Crippen LogP contribution in [-0.2, 0) is 4.79 Å². The average Bonchev–Trinajstić information content (AvgIpc) is 2.93. The van der Waals surface area contributed by atoms with Crippen molar-refractivity contribution in [3.05, 3.63) is 42.7 Å². The topological polar surface area (TPSA) is 56.1 Å². The van der Waals surface area contributed by atoms with E-state index in [1.165, 1.54) is 12.1 Å². The van der Waals surface area contributed by atoms with Crippen molar-refractivity contribution < 1.29 is 22.7 Å². The van der Waals surface area contributed by atoms with Crippen molar-refractivity contribution in [3.8, 4) is 5.75 Å². The van der Waals surface area contributed by atoms with Crippen molar-refractivity contribution in [2.75, 3.05) is 5.32 Å². The lowest BCUT2D eigenvalue weighted by molar-refractivity contribution is -0.274. The molecule has 1 amide bonds. The Morgan fingerprint density at radius 3 is 2.59 bits per heavy atom. The molecular formula is C14H14F3N3O2. The zero-order valence-electron chi connectivity index (χ0n) is 11.7. The number of hydrogen-bond acceptors (Lipinski definition) is 3. The van der Waals surface area contributed by atoms with Gasteiger partial charge in [-0.05, 0) is 37.3 Å². The fraction of sp³-hybridized carbons (Fsp3) is 0.286. The lowest BCUT2D eigenvalue weighted by Crippen LogP contribution is -2.18. The normalized spacial score (nSPS) is 12.7. The molecule has 22 heavy (non-hydrogen) atoms. The van der Waals surface area contributed by atoms with Gasteiger partial charge in [0.05, 0.1) is 6.04 Å². The largest absolute Gasteiger partial charge is 0.573 e. The average molecular weight is 313 g/mol. The van der Waals surface area contributed by atoms with Gasteiger partial charge in [-0.1, -0.05) is 0 Å². The first-order valence-corrected chi connectivity index (χ1v) is 6.48. The zero-order chi connectivity index (χ0) is 16.2.